The molecule has 0 amide bonds. The van der Waals surface area contributed by atoms with Crippen molar-refractivity contribution in [3.63, 3.8) is 0 Å². The molecular weight excluding hydrogens is 266 g/mol. The number of rotatable bonds is 7. The second-order valence-electron chi connectivity index (χ2n) is 4.39. The number of anilines is 1. The van der Waals surface area contributed by atoms with Crippen LogP contribution in [0.4, 0.5) is 5.69 Å². The molecule has 108 valence electrons. The largest absolute Gasteiger partial charge is 0.475 e. The molecule has 1 aromatic heterocycles. The van der Waals surface area contributed by atoms with Crippen LogP contribution in [0.5, 0.6) is 5.88 Å². The first-order valence-electron chi connectivity index (χ1n) is 6.62. The molecule has 1 N–H and O–H groups in total. The summed E-state index contributed by atoms with van der Waals surface area (Å²) in [6.07, 6.45) is 1.73. The lowest BCUT2D eigenvalue weighted by atomic mass is 10.1. The first kappa shape index (κ1) is 14.8. The average molecular weight is 283 g/mol. The van der Waals surface area contributed by atoms with Crippen molar-refractivity contribution in [3.05, 3.63) is 53.7 Å². The Kier molecular flexibility index (Phi) is 5.56. The fraction of sp³-hybridized carbons (Fsp3) is 0.250. The first-order chi connectivity index (χ1) is 10.3. The van der Waals surface area contributed by atoms with Gasteiger partial charge in [-0.15, -0.1) is 0 Å². The predicted molar refractivity (Wildman–Crippen MR) is 80.1 cm³/mol. The van der Waals surface area contributed by atoms with Gasteiger partial charge in [-0.3, -0.25) is 0 Å². The second kappa shape index (κ2) is 7.88. The Hall–Kier alpha value is -2.58. The lowest BCUT2D eigenvalue weighted by Crippen LogP contribution is -2.05. The summed E-state index contributed by atoms with van der Waals surface area (Å²) in [5.41, 5.74) is 2.69. The number of aromatic nitrogens is 1. The molecule has 0 atom stereocenters. The van der Waals surface area contributed by atoms with E-state index in [1.165, 1.54) is 0 Å². The van der Waals surface area contributed by atoms with Crippen LogP contribution in [0.15, 0.2) is 42.6 Å². The van der Waals surface area contributed by atoms with E-state index in [4.69, 9.17) is 14.7 Å². The normalized spacial score (nSPS) is 9.90. The standard InChI is InChI=1S/C16H17N3O2/c1-20-8-9-21-16-7-6-15(12-19-16)18-11-14-4-2-13(10-17)3-5-14/h2-7,12,18H,8-9,11H2,1H3. The molecule has 0 bridgehead atoms. The van der Waals surface area contributed by atoms with Gasteiger partial charge >= 0.3 is 0 Å². The Morgan fingerprint density at radius 2 is 1.95 bits per heavy atom. The van der Waals surface area contributed by atoms with Crippen molar-refractivity contribution in [1.82, 2.24) is 4.98 Å². The van der Waals surface area contributed by atoms with Crippen LogP contribution < -0.4 is 10.1 Å². The smallest absolute Gasteiger partial charge is 0.213 e. The van der Waals surface area contributed by atoms with Crippen LogP contribution in [0.1, 0.15) is 11.1 Å². The molecule has 2 rings (SSSR count). The lowest BCUT2D eigenvalue weighted by Gasteiger charge is -2.08. The molecule has 0 fully saturated rings. The van der Waals surface area contributed by atoms with Crippen LogP contribution in [-0.4, -0.2) is 25.3 Å². The molecule has 0 saturated carbocycles. The van der Waals surface area contributed by atoms with E-state index >= 15 is 0 Å². The third-order valence-corrected chi connectivity index (χ3v) is 2.85. The average Bonchev–Trinajstić information content (AvgIpc) is 2.55. The molecule has 1 aromatic carbocycles. The fourth-order valence-corrected chi connectivity index (χ4v) is 1.70. The van der Waals surface area contributed by atoms with Crippen molar-refractivity contribution in [2.45, 2.75) is 6.54 Å². The Bertz CT molecular complexity index is 588. The molecule has 5 nitrogen and oxygen atoms in total. The van der Waals surface area contributed by atoms with Gasteiger partial charge in [0.05, 0.1) is 30.1 Å². The number of nitriles is 1. The van der Waals surface area contributed by atoms with Gasteiger partial charge in [0.1, 0.15) is 6.61 Å². The van der Waals surface area contributed by atoms with E-state index in [1.54, 1.807) is 13.3 Å². The van der Waals surface area contributed by atoms with Gasteiger partial charge in [-0.25, -0.2) is 4.98 Å². The summed E-state index contributed by atoms with van der Waals surface area (Å²) in [7, 11) is 1.63. The van der Waals surface area contributed by atoms with Gasteiger partial charge in [0, 0.05) is 19.7 Å². The molecule has 0 aliphatic rings. The molecule has 0 aliphatic heterocycles. The molecule has 0 radical (unpaired) electrons. The van der Waals surface area contributed by atoms with Gasteiger partial charge in [-0.05, 0) is 23.8 Å². The third kappa shape index (κ3) is 4.79. The maximum atomic E-state index is 8.75. The molecular formula is C16H17N3O2. The summed E-state index contributed by atoms with van der Waals surface area (Å²) in [6, 6.07) is 13.3. The number of methoxy groups -OCH3 is 1. The maximum absolute atomic E-state index is 8.75. The zero-order valence-electron chi connectivity index (χ0n) is 11.9. The predicted octanol–water partition coefficient (Wildman–Crippen LogP) is 2.59. The van der Waals surface area contributed by atoms with Crippen LogP contribution in [0.2, 0.25) is 0 Å². The van der Waals surface area contributed by atoms with E-state index in [2.05, 4.69) is 16.4 Å². The van der Waals surface area contributed by atoms with Crippen LogP contribution in [0.25, 0.3) is 0 Å². The molecule has 1 heterocycles. The van der Waals surface area contributed by atoms with Crippen molar-refractivity contribution in [1.29, 1.82) is 5.26 Å². The van der Waals surface area contributed by atoms with Crippen molar-refractivity contribution < 1.29 is 9.47 Å². The zero-order valence-corrected chi connectivity index (χ0v) is 11.9. The highest BCUT2D eigenvalue weighted by molar-refractivity contribution is 5.43. The summed E-state index contributed by atoms with van der Waals surface area (Å²) in [5, 5.41) is 12.0. The zero-order chi connectivity index (χ0) is 14.9. The fourth-order valence-electron chi connectivity index (χ4n) is 1.70. The van der Waals surface area contributed by atoms with E-state index < -0.39 is 0 Å². The van der Waals surface area contributed by atoms with Gasteiger partial charge in [0.15, 0.2) is 0 Å². The molecule has 21 heavy (non-hydrogen) atoms. The van der Waals surface area contributed by atoms with Crippen LogP contribution in [-0.2, 0) is 11.3 Å². The van der Waals surface area contributed by atoms with E-state index in [-0.39, 0.29) is 0 Å². The molecule has 2 aromatic rings. The van der Waals surface area contributed by atoms with E-state index in [9.17, 15) is 0 Å². The van der Waals surface area contributed by atoms with Crippen LogP contribution in [0.3, 0.4) is 0 Å². The van der Waals surface area contributed by atoms with E-state index in [0.717, 1.165) is 11.3 Å². The minimum absolute atomic E-state index is 0.488. The number of pyridine rings is 1. The minimum Gasteiger partial charge on any atom is -0.475 e. The molecule has 0 spiro atoms. The highest BCUT2D eigenvalue weighted by Gasteiger charge is 1.98. The summed E-state index contributed by atoms with van der Waals surface area (Å²) < 4.78 is 10.3. The van der Waals surface area contributed by atoms with Crippen molar-refractivity contribution >= 4 is 5.69 Å². The highest BCUT2D eigenvalue weighted by Crippen LogP contribution is 2.13. The number of hydrogen-bond acceptors (Lipinski definition) is 5. The van der Waals surface area contributed by atoms with Crippen molar-refractivity contribution in [2.24, 2.45) is 0 Å². The number of nitrogens with zero attached hydrogens (tertiary/aromatic N) is 2. The SMILES string of the molecule is COCCOc1ccc(NCc2ccc(C#N)cc2)cn1. The first-order valence-corrected chi connectivity index (χ1v) is 6.62. The molecule has 0 saturated heterocycles. The van der Waals surface area contributed by atoms with Crippen molar-refractivity contribution in [2.75, 3.05) is 25.6 Å². The highest BCUT2D eigenvalue weighted by atomic mass is 16.5. The monoisotopic (exact) mass is 283 g/mol. The maximum Gasteiger partial charge on any atom is 0.213 e. The van der Waals surface area contributed by atoms with Gasteiger partial charge in [-0.2, -0.15) is 5.26 Å². The second-order valence-corrected chi connectivity index (χ2v) is 4.39. The molecule has 0 unspecified atom stereocenters. The Balaban J connectivity index is 1.84. The Labute approximate surface area is 124 Å². The Morgan fingerprint density at radius 1 is 1.14 bits per heavy atom. The van der Waals surface area contributed by atoms with Crippen LogP contribution in [0, 0.1) is 11.3 Å². The Morgan fingerprint density at radius 3 is 2.57 bits per heavy atom. The number of ether oxygens (including phenoxy) is 2. The topological polar surface area (TPSA) is 67.2 Å². The summed E-state index contributed by atoms with van der Waals surface area (Å²) in [5.74, 6) is 0.580. The van der Waals surface area contributed by atoms with E-state index in [0.29, 0.717) is 31.2 Å². The van der Waals surface area contributed by atoms with Gasteiger partial charge in [-0.1, -0.05) is 12.1 Å². The minimum atomic E-state index is 0.488. The quantitative estimate of drug-likeness (QED) is 0.791. The van der Waals surface area contributed by atoms with Crippen LogP contribution >= 0.6 is 0 Å². The third-order valence-electron chi connectivity index (χ3n) is 2.85. The van der Waals surface area contributed by atoms with Crippen molar-refractivity contribution in [3.8, 4) is 11.9 Å². The number of nitrogens with one attached hydrogen (secondary N) is 1. The van der Waals surface area contributed by atoms with Gasteiger partial charge < -0.3 is 14.8 Å². The summed E-state index contributed by atoms with van der Waals surface area (Å²) in [4.78, 5) is 4.21. The molecule has 5 heteroatoms. The summed E-state index contributed by atoms with van der Waals surface area (Å²) in [6.45, 7) is 1.71. The molecule has 0 aliphatic carbocycles. The lowest BCUT2D eigenvalue weighted by molar-refractivity contribution is 0.144. The van der Waals surface area contributed by atoms with Gasteiger partial charge in [0.25, 0.3) is 0 Å². The number of hydrogen-bond donors (Lipinski definition) is 1. The number of benzene rings is 1. The van der Waals surface area contributed by atoms with Gasteiger partial charge in [0.2, 0.25) is 5.88 Å². The summed E-state index contributed by atoms with van der Waals surface area (Å²) >= 11 is 0. The van der Waals surface area contributed by atoms with E-state index in [1.807, 2.05) is 36.4 Å².